The van der Waals surface area contributed by atoms with Gasteiger partial charge in [0.2, 0.25) is 5.91 Å². The van der Waals surface area contributed by atoms with Gasteiger partial charge in [0.25, 0.3) is 12.3 Å². The molecule has 18 heteroatoms. The number of halogens is 5. The fourth-order valence-electron chi connectivity index (χ4n) is 9.74. The largest absolute Gasteiger partial charge is 0.368 e. The Morgan fingerprint density at radius 3 is 2.34 bits per heavy atom. The van der Waals surface area contributed by atoms with Crippen LogP contribution in [0.3, 0.4) is 0 Å². The first-order valence-corrected chi connectivity index (χ1v) is 22.8. The number of rotatable bonds is 12. The normalized spacial score (nSPS) is 17.2. The Kier molecular flexibility index (Phi) is 10.7. The number of primary amides is 1. The molecule has 1 saturated heterocycles. The van der Waals surface area contributed by atoms with E-state index in [1.807, 2.05) is 24.3 Å². The Balaban J connectivity index is 0.914. The van der Waals surface area contributed by atoms with Crippen LogP contribution in [0.2, 0.25) is 0 Å². The van der Waals surface area contributed by atoms with Crippen molar-refractivity contribution in [3.8, 4) is 22.5 Å². The van der Waals surface area contributed by atoms with Gasteiger partial charge in [0.15, 0.2) is 10.8 Å². The third-order valence-electron chi connectivity index (χ3n) is 13.1. The minimum atomic E-state index is -2.82. The molecule has 0 radical (unpaired) electrons. The van der Waals surface area contributed by atoms with E-state index in [2.05, 4.69) is 49.5 Å². The number of benzene rings is 4. The zero-order valence-electron chi connectivity index (χ0n) is 35.7. The van der Waals surface area contributed by atoms with Gasteiger partial charge < -0.3 is 25.8 Å². The molecule has 3 aliphatic rings. The lowest BCUT2D eigenvalue weighted by Crippen LogP contribution is -2.46. The minimum Gasteiger partial charge on any atom is -0.368 e. The number of fused-ring (bicyclic) bond motifs is 5. The number of hydrogen-bond acceptors (Lipinski definition) is 9. The zero-order chi connectivity index (χ0) is 46.1. The van der Waals surface area contributed by atoms with Gasteiger partial charge in [-0.05, 0) is 109 Å². The number of pyridine rings is 1. The molecule has 11 rings (SSSR count). The van der Waals surface area contributed by atoms with E-state index >= 15 is 0 Å². The highest BCUT2D eigenvalue weighted by Crippen LogP contribution is 2.55. The Morgan fingerprint density at radius 2 is 1.60 bits per heavy atom. The summed E-state index contributed by atoms with van der Waals surface area (Å²) < 4.78 is 74.8. The summed E-state index contributed by atoms with van der Waals surface area (Å²) in [7, 11) is 0. The second-order valence-electron chi connectivity index (χ2n) is 17.4. The number of carbonyl (C=O) groups is 2. The predicted molar refractivity (Wildman–Crippen MR) is 245 cm³/mol. The van der Waals surface area contributed by atoms with E-state index in [1.165, 1.54) is 28.2 Å². The number of nitrogens with two attached hydrogens (primary N) is 1. The molecule has 5 heterocycles. The lowest BCUT2D eigenvalue weighted by Gasteiger charge is -2.36. The highest BCUT2D eigenvalue weighted by molar-refractivity contribution is 7.22. The van der Waals surface area contributed by atoms with Crippen molar-refractivity contribution < 1.29 is 31.5 Å². The molecule has 2 fully saturated rings. The van der Waals surface area contributed by atoms with E-state index in [-0.39, 0.29) is 34.9 Å². The number of amides is 2. The Hall–Kier alpha value is -7.21. The van der Waals surface area contributed by atoms with Crippen molar-refractivity contribution in [3.05, 3.63) is 142 Å². The Bertz CT molecular complexity index is 3180. The summed E-state index contributed by atoms with van der Waals surface area (Å²) in [6, 6.07) is 23.7. The second-order valence-corrected chi connectivity index (χ2v) is 18.4. The molecule has 12 nitrogen and oxygen atoms in total. The molecule has 8 aromatic rings. The topological polar surface area (TPSA) is 151 Å². The van der Waals surface area contributed by atoms with Gasteiger partial charge >= 0.3 is 0 Å². The van der Waals surface area contributed by atoms with Crippen LogP contribution in [-0.4, -0.2) is 67.7 Å². The zero-order valence-corrected chi connectivity index (χ0v) is 36.5. The van der Waals surface area contributed by atoms with Crippen LogP contribution in [0, 0.1) is 23.4 Å². The molecule has 2 unspecified atom stereocenters. The smallest absolute Gasteiger partial charge is 0.282 e. The summed E-state index contributed by atoms with van der Waals surface area (Å²) in [5, 5.41) is 7.88. The van der Waals surface area contributed by atoms with Gasteiger partial charge in [-0.1, -0.05) is 29.5 Å². The SMILES string of the molecule is NC(=O)c1cc(-c2cc3sc(N4CCN(c5ccc(-c6nc7ccccc7[nH]6)cc5)CC4)nc3nc2[C@H](Cc2cc(F)cc(F)c2)NC(=O)Cn2nc(C(F)F)c3c2C2CC2CC3)ccc1F. The highest BCUT2D eigenvalue weighted by Gasteiger charge is 2.47. The average molecular weight is 929 g/mol. The summed E-state index contributed by atoms with van der Waals surface area (Å²) in [5.41, 5.74) is 11.4. The monoisotopic (exact) mass is 928 g/mol. The van der Waals surface area contributed by atoms with Gasteiger partial charge in [-0.3, -0.25) is 14.3 Å². The maximum Gasteiger partial charge on any atom is 0.282 e. The standard InChI is InChI=1S/C49H41F5N10O2S/c50-29-17-25(18-30(51)22-29)19-39(56-41(65)24-64-44-32(43(61-64)45(53)54)11-7-28-20-34(28)44)42-33(27-8-12-36(52)35(21-27)46(55)66)23-40-48(59-42)60-49(67-40)63-15-13-62(14-16-63)31-9-5-26(6-10-31)47-57-37-3-1-2-4-38(37)58-47/h1-6,8-10,12,17-18,21-23,28,34,39,45H,7,11,13-16,19-20,24H2,(H2,55,66)(H,56,65)(H,57,58)/t28?,34?,39-/m0/s1. The molecule has 67 heavy (non-hydrogen) atoms. The fourth-order valence-corrected chi connectivity index (χ4v) is 10.7. The summed E-state index contributed by atoms with van der Waals surface area (Å²) in [5.74, 6) is -2.92. The molecule has 0 bridgehead atoms. The van der Waals surface area contributed by atoms with E-state index in [9.17, 15) is 31.5 Å². The van der Waals surface area contributed by atoms with Gasteiger partial charge in [0.1, 0.15) is 35.5 Å². The Morgan fingerprint density at radius 1 is 0.851 bits per heavy atom. The van der Waals surface area contributed by atoms with Gasteiger partial charge in [0, 0.05) is 66.2 Å². The first kappa shape index (κ1) is 42.4. The van der Waals surface area contributed by atoms with E-state index < -0.39 is 48.3 Å². The lowest BCUT2D eigenvalue weighted by molar-refractivity contribution is -0.122. The number of para-hydroxylation sites is 2. The summed E-state index contributed by atoms with van der Waals surface area (Å²) in [6.45, 7) is 2.28. The number of piperazine rings is 1. The molecular weight excluding hydrogens is 888 g/mol. The van der Waals surface area contributed by atoms with Crippen LogP contribution in [0.1, 0.15) is 69.8 Å². The van der Waals surface area contributed by atoms with Crippen LogP contribution in [0.25, 0.3) is 43.9 Å². The van der Waals surface area contributed by atoms with Crippen molar-refractivity contribution in [1.29, 1.82) is 0 Å². The molecule has 4 aromatic carbocycles. The molecule has 2 amide bonds. The Labute approximate surface area is 383 Å². The van der Waals surface area contributed by atoms with Crippen molar-refractivity contribution in [3.63, 3.8) is 0 Å². The number of hydrogen-bond donors (Lipinski definition) is 3. The van der Waals surface area contributed by atoms with E-state index in [4.69, 9.17) is 20.7 Å². The lowest BCUT2D eigenvalue weighted by atomic mass is 9.94. The van der Waals surface area contributed by atoms with E-state index in [1.54, 1.807) is 6.07 Å². The van der Waals surface area contributed by atoms with Gasteiger partial charge in [-0.25, -0.2) is 31.9 Å². The number of alkyl halides is 2. The molecule has 1 saturated carbocycles. The van der Waals surface area contributed by atoms with Crippen LogP contribution in [0.15, 0.2) is 91.0 Å². The molecule has 340 valence electrons. The third-order valence-corrected chi connectivity index (χ3v) is 14.1. The number of H-pyrrole nitrogens is 1. The molecule has 0 spiro atoms. The molecule has 1 aliphatic heterocycles. The van der Waals surface area contributed by atoms with Crippen LogP contribution in [-0.2, 0) is 24.2 Å². The fraction of sp³-hybridized carbons (Fsp3) is 0.265. The number of anilines is 2. The summed E-state index contributed by atoms with van der Waals surface area (Å²) in [4.78, 5) is 49.1. The third kappa shape index (κ3) is 8.23. The number of aromatic nitrogens is 6. The van der Waals surface area contributed by atoms with Gasteiger partial charge in [-0.2, -0.15) is 10.1 Å². The van der Waals surface area contributed by atoms with Crippen LogP contribution in [0.5, 0.6) is 0 Å². The maximum atomic E-state index is 14.9. The first-order chi connectivity index (χ1) is 32.4. The number of thiazole rings is 1. The van der Waals surface area contributed by atoms with Crippen LogP contribution < -0.4 is 20.9 Å². The van der Waals surface area contributed by atoms with Gasteiger partial charge in [-0.15, -0.1) is 0 Å². The van der Waals surface area contributed by atoms with E-state index in [0.717, 1.165) is 65.2 Å². The summed E-state index contributed by atoms with van der Waals surface area (Å²) in [6.07, 6.45) is -0.914. The molecule has 3 atom stereocenters. The highest BCUT2D eigenvalue weighted by atomic mass is 32.1. The second kappa shape index (κ2) is 16.9. The molecule has 4 N–H and O–H groups in total. The number of nitrogens with one attached hydrogen (secondary N) is 2. The van der Waals surface area contributed by atoms with Crippen LogP contribution in [0.4, 0.5) is 32.8 Å². The van der Waals surface area contributed by atoms with Crippen molar-refractivity contribution in [2.24, 2.45) is 11.7 Å². The maximum absolute atomic E-state index is 14.9. The first-order valence-electron chi connectivity index (χ1n) is 22.0. The molecule has 4 aromatic heterocycles. The van der Waals surface area contributed by atoms with Crippen molar-refractivity contribution >= 4 is 55.4 Å². The number of aromatic amines is 1. The van der Waals surface area contributed by atoms with Crippen molar-refractivity contribution in [1.82, 2.24) is 35.0 Å². The van der Waals surface area contributed by atoms with E-state index in [0.29, 0.717) is 76.4 Å². The number of nitrogens with zero attached hydrogens (tertiary/aromatic N) is 7. The summed E-state index contributed by atoms with van der Waals surface area (Å²) >= 11 is 1.39. The number of carbonyl (C=O) groups excluding carboxylic acids is 2. The average Bonchev–Trinajstić information content (AvgIpc) is 3.59. The quantitative estimate of drug-likeness (QED) is 0.103. The minimum absolute atomic E-state index is 0.0407. The van der Waals surface area contributed by atoms with Crippen LogP contribution >= 0.6 is 11.3 Å². The molecule has 2 aliphatic carbocycles. The molecular formula is C49H41F5N10O2S. The van der Waals surface area contributed by atoms with Crippen molar-refractivity contribution in [2.45, 2.75) is 50.6 Å². The number of imidazole rings is 1. The van der Waals surface area contributed by atoms with Gasteiger partial charge in [0.05, 0.1) is 33.0 Å². The van der Waals surface area contributed by atoms with Crippen molar-refractivity contribution in [2.75, 3.05) is 36.0 Å². The predicted octanol–water partition coefficient (Wildman–Crippen LogP) is 9.03.